The molecule has 0 bridgehead atoms. The molecule has 1 heteroatoms. The fourth-order valence-corrected chi connectivity index (χ4v) is 8.86. The Balaban J connectivity index is 1.46. The minimum atomic E-state index is 0.671. The van der Waals surface area contributed by atoms with E-state index in [2.05, 4.69) is 39.9 Å². The first kappa shape index (κ1) is 19.3. The third kappa shape index (κ3) is 2.99. The predicted octanol–water partition coefficient (Wildman–Crippen LogP) is 5.64. The third-order valence-corrected chi connectivity index (χ3v) is 10.3. The highest BCUT2D eigenvalue weighted by Crippen LogP contribution is 2.66. The summed E-state index contributed by atoms with van der Waals surface area (Å²) >= 11 is 0. The van der Waals surface area contributed by atoms with Gasteiger partial charge >= 0.3 is 0 Å². The van der Waals surface area contributed by atoms with Crippen LogP contribution < -0.4 is 5.32 Å². The van der Waals surface area contributed by atoms with Crippen molar-refractivity contribution in [3.63, 3.8) is 0 Å². The van der Waals surface area contributed by atoms with Gasteiger partial charge in [-0.15, -0.1) is 0 Å². The topological polar surface area (TPSA) is 16.6 Å². The molecule has 26 heavy (non-hydrogen) atoms. The molecule has 1 saturated heterocycles. The van der Waals surface area contributed by atoms with Gasteiger partial charge in [-0.2, -0.15) is 0 Å². The largest absolute Gasteiger partial charge is 0.343 e. The number of hydrogen-bond donors (Lipinski definition) is 1. The van der Waals surface area contributed by atoms with Crippen molar-refractivity contribution in [1.82, 2.24) is 0 Å². The van der Waals surface area contributed by atoms with Crippen LogP contribution in [0.15, 0.2) is 0 Å². The molecule has 4 aliphatic rings. The molecule has 0 unspecified atom stereocenters. The maximum absolute atomic E-state index is 2.74. The molecule has 0 aromatic heterocycles. The van der Waals surface area contributed by atoms with Crippen molar-refractivity contribution in [2.24, 2.45) is 46.3 Å². The Bertz CT molecular complexity index is 498. The van der Waals surface area contributed by atoms with Gasteiger partial charge in [-0.1, -0.05) is 53.9 Å². The van der Waals surface area contributed by atoms with Gasteiger partial charge in [0.1, 0.15) is 0 Å². The van der Waals surface area contributed by atoms with Crippen LogP contribution in [0.4, 0.5) is 0 Å². The summed E-state index contributed by atoms with van der Waals surface area (Å²) in [5.74, 6) is 6.01. The van der Waals surface area contributed by atoms with Crippen LogP contribution in [0, 0.1) is 46.3 Å². The average Bonchev–Trinajstić information content (AvgIpc) is 3.13. The molecule has 0 spiro atoms. The Morgan fingerprint density at radius 3 is 2.38 bits per heavy atom. The number of nitrogens with two attached hydrogens (primary N) is 1. The normalized spacial score (nSPS) is 48.9. The first-order valence-corrected chi connectivity index (χ1v) is 12.2. The van der Waals surface area contributed by atoms with Crippen molar-refractivity contribution >= 4 is 0 Å². The van der Waals surface area contributed by atoms with Crippen LogP contribution in [-0.2, 0) is 0 Å². The standard InChI is InChI=1S/C25H45N/c1-17(2)7-6-8-18(3)20-10-11-21-19-9-12-23-25(5,15-16-26-23)22(19)13-14-24(20,21)4/h17-23,26H,6-16H2,1-5H3/p+1/t18-,19-,20-,21+,22+,23-,24+,25+/m0/s1. The smallest absolute Gasteiger partial charge is 0.0918 e. The lowest BCUT2D eigenvalue weighted by molar-refractivity contribution is -0.680. The predicted molar refractivity (Wildman–Crippen MR) is 111 cm³/mol. The maximum Gasteiger partial charge on any atom is 0.0918 e. The quantitative estimate of drug-likeness (QED) is 0.653. The lowest BCUT2D eigenvalue weighted by atomic mass is 9.48. The molecule has 0 aromatic rings. The van der Waals surface area contributed by atoms with Gasteiger partial charge in [0.2, 0.25) is 0 Å². The van der Waals surface area contributed by atoms with E-state index in [1.54, 1.807) is 32.1 Å². The minimum absolute atomic E-state index is 0.671. The van der Waals surface area contributed by atoms with Gasteiger partial charge in [-0.3, -0.25) is 0 Å². The zero-order chi connectivity index (χ0) is 18.5. The molecular formula is C25H46N+. The lowest BCUT2D eigenvalue weighted by Gasteiger charge is -2.56. The highest BCUT2D eigenvalue weighted by atomic mass is 15.0. The number of quaternary nitrogens is 1. The lowest BCUT2D eigenvalue weighted by Crippen LogP contribution is -2.89. The second kappa shape index (κ2) is 7.09. The summed E-state index contributed by atoms with van der Waals surface area (Å²) in [6.45, 7) is 14.2. The van der Waals surface area contributed by atoms with Crippen LogP contribution in [-0.4, -0.2) is 12.6 Å². The van der Waals surface area contributed by atoms with Gasteiger partial charge in [0.05, 0.1) is 12.6 Å². The van der Waals surface area contributed by atoms with Crippen LogP contribution >= 0.6 is 0 Å². The van der Waals surface area contributed by atoms with E-state index >= 15 is 0 Å². The molecule has 0 radical (unpaired) electrons. The molecule has 0 amide bonds. The summed E-state index contributed by atoms with van der Waals surface area (Å²) in [7, 11) is 0. The third-order valence-electron chi connectivity index (χ3n) is 10.3. The first-order chi connectivity index (χ1) is 12.4. The Kier molecular flexibility index (Phi) is 5.26. The molecule has 2 N–H and O–H groups in total. The second-order valence-electron chi connectivity index (χ2n) is 11.9. The molecular weight excluding hydrogens is 314 g/mol. The molecule has 1 aliphatic heterocycles. The fraction of sp³-hybridized carbons (Fsp3) is 1.00. The summed E-state index contributed by atoms with van der Waals surface area (Å²) < 4.78 is 0. The van der Waals surface area contributed by atoms with Gasteiger partial charge in [-0.05, 0) is 73.0 Å². The zero-order valence-corrected chi connectivity index (χ0v) is 18.4. The Labute approximate surface area is 163 Å². The Morgan fingerprint density at radius 1 is 0.846 bits per heavy atom. The maximum atomic E-state index is 2.74. The Hall–Kier alpha value is -0.0400. The van der Waals surface area contributed by atoms with E-state index in [1.165, 1.54) is 38.6 Å². The van der Waals surface area contributed by atoms with E-state index in [9.17, 15) is 0 Å². The van der Waals surface area contributed by atoms with Crippen molar-refractivity contribution in [1.29, 1.82) is 0 Å². The van der Waals surface area contributed by atoms with Crippen LogP contribution in [0.5, 0.6) is 0 Å². The molecule has 3 aliphatic carbocycles. The van der Waals surface area contributed by atoms with Gasteiger partial charge in [0, 0.05) is 18.3 Å². The van der Waals surface area contributed by atoms with Crippen molar-refractivity contribution in [2.45, 2.75) is 105 Å². The second-order valence-corrected chi connectivity index (χ2v) is 11.9. The number of rotatable bonds is 5. The zero-order valence-electron chi connectivity index (χ0n) is 18.4. The summed E-state index contributed by atoms with van der Waals surface area (Å²) in [4.78, 5) is 0. The molecule has 0 aromatic carbocycles. The first-order valence-electron chi connectivity index (χ1n) is 12.2. The molecule has 4 rings (SSSR count). The van der Waals surface area contributed by atoms with Crippen LogP contribution in [0.3, 0.4) is 0 Å². The van der Waals surface area contributed by atoms with Crippen molar-refractivity contribution < 1.29 is 5.32 Å². The number of fused-ring (bicyclic) bond motifs is 5. The van der Waals surface area contributed by atoms with E-state index in [0.29, 0.717) is 10.8 Å². The van der Waals surface area contributed by atoms with Gasteiger partial charge < -0.3 is 5.32 Å². The minimum Gasteiger partial charge on any atom is -0.343 e. The highest BCUT2D eigenvalue weighted by molar-refractivity contribution is 5.09. The molecule has 1 nitrogen and oxygen atoms in total. The van der Waals surface area contributed by atoms with Crippen LogP contribution in [0.2, 0.25) is 0 Å². The molecule has 4 fully saturated rings. The van der Waals surface area contributed by atoms with Gasteiger partial charge in [-0.25, -0.2) is 0 Å². The summed E-state index contributed by atoms with van der Waals surface area (Å²) in [6.07, 6.45) is 15.1. The van der Waals surface area contributed by atoms with E-state index < -0.39 is 0 Å². The summed E-state index contributed by atoms with van der Waals surface area (Å²) in [6, 6.07) is 0.959. The fourth-order valence-electron chi connectivity index (χ4n) is 8.86. The molecule has 3 saturated carbocycles. The number of hydrogen-bond acceptors (Lipinski definition) is 0. The van der Waals surface area contributed by atoms with Gasteiger partial charge in [0.25, 0.3) is 0 Å². The Morgan fingerprint density at radius 2 is 1.62 bits per heavy atom. The highest BCUT2D eigenvalue weighted by Gasteiger charge is 2.61. The SMILES string of the molecule is CC(C)CCC[C@H](C)[C@@H]1CC[C@@H]2[C@@H]3CC[C@@H]4[NH2+]CC[C@]4(C)[C@@H]3CC[C@@]21C. The van der Waals surface area contributed by atoms with Crippen molar-refractivity contribution in [2.75, 3.05) is 6.54 Å². The van der Waals surface area contributed by atoms with E-state index in [4.69, 9.17) is 0 Å². The van der Waals surface area contributed by atoms with Crippen LogP contribution in [0.25, 0.3) is 0 Å². The molecule has 1 heterocycles. The van der Waals surface area contributed by atoms with Crippen molar-refractivity contribution in [3.8, 4) is 0 Å². The van der Waals surface area contributed by atoms with Gasteiger partial charge in [0.15, 0.2) is 0 Å². The van der Waals surface area contributed by atoms with E-state index in [1.807, 2.05) is 0 Å². The summed E-state index contributed by atoms with van der Waals surface area (Å²) in [5.41, 5.74) is 1.34. The van der Waals surface area contributed by atoms with Crippen LogP contribution in [0.1, 0.15) is 98.8 Å². The molecule has 8 atom stereocenters. The van der Waals surface area contributed by atoms with E-state index in [0.717, 1.165) is 41.5 Å². The molecule has 150 valence electrons. The van der Waals surface area contributed by atoms with E-state index in [-0.39, 0.29) is 0 Å². The summed E-state index contributed by atoms with van der Waals surface area (Å²) in [5, 5.41) is 2.71. The monoisotopic (exact) mass is 360 g/mol. The average molecular weight is 361 g/mol. The van der Waals surface area contributed by atoms with Crippen molar-refractivity contribution in [3.05, 3.63) is 0 Å².